The van der Waals surface area contributed by atoms with Crippen LogP contribution in [0.5, 0.6) is 0 Å². The summed E-state index contributed by atoms with van der Waals surface area (Å²) in [5, 5.41) is 7.09. The summed E-state index contributed by atoms with van der Waals surface area (Å²) in [6.07, 6.45) is 2.85. The molecule has 0 radical (unpaired) electrons. The lowest BCUT2D eigenvalue weighted by Gasteiger charge is -2.15. The van der Waals surface area contributed by atoms with Gasteiger partial charge in [-0.2, -0.15) is 0 Å². The fraction of sp³-hybridized carbons (Fsp3) is 0.139. The summed E-state index contributed by atoms with van der Waals surface area (Å²) in [4.78, 5) is 4.87. The second kappa shape index (κ2) is 9.29. The van der Waals surface area contributed by atoms with E-state index in [1.54, 1.807) is 0 Å². The summed E-state index contributed by atoms with van der Waals surface area (Å²) in [6, 6.07) is 31.6. The Balaban J connectivity index is 1.48. The maximum atomic E-state index is 16.1. The molecule has 0 atom stereocenters. The summed E-state index contributed by atoms with van der Waals surface area (Å²) in [7, 11) is 0. The van der Waals surface area contributed by atoms with Gasteiger partial charge in [-0.15, -0.1) is 11.3 Å². The van der Waals surface area contributed by atoms with Crippen molar-refractivity contribution in [3.8, 4) is 22.4 Å². The number of thiophene rings is 1. The van der Waals surface area contributed by atoms with E-state index in [9.17, 15) is 0 Å². The first-order chi connectivity index (χ1) is 19.0. The van der Waals surface area contributed by atoms with E-state index in [0.717, 1.165) is 44.3 Å². The third-order valence-corrected chi connectivity index (χ3v) is 8.98. The van der Waals surface area contributed by atoms with Crippen LogP contribution in [0.15, 0.2) is 97.2 Å². The van der Waals surface area contributed by atoms with Gasteiger partial charge in [0.05, 0.1) is 15.1 Å². The highest BCUT2D eigenvalue weighted by Gasteiger charge is 2.19. The Morgan fingerprint density at radius 3 is 2.36 bits per heavy atom. The Morgan fingerprint density at radius 1 is 0.744 bits per heavy atom. The number of halogens is 1. The third kappa shape index (κ3) is 3.92. The van der Waals surface area contributed by atoms with Gasteiger partial charge in [-0.25, -0.2) is 4.39 Å². The lowest BCUT2D eigenvalue weighted by molar-refractivity contribution is 0.645. The average molecular weight is 526 g/mol. The minimum Gasteiger partial charge on any atom is -0.255 e. The number of nitrogens with zero attached hydrogens (tertiary/aromatic N) is 1. The van der Waals surface area contributed by atoms with Crippen LogP contribution < -0.4 is 0 Å². The van der Waals surface area contributed by atoms with Gasteiger partial charge in [-0.1, -0.05) is 86.6 Å². The molecule has 0 aliphatic rings. The number of hydrogen-bond acceptors (Lipinski definition) is 2. The maximum Gasteiger partial charge on any atom is 0.148 e. The van der Waals surface area contributed by atoms with E-state index in [-0.39, 0.29) is 5.82 Å². The lowest BCUT2D eigenvalue weighted by atomic mass is 9.90. The van der Waals surface area contributed by atoms with Gasteiger partial charge in [0.15, 0.2) is 0 Å². The molecule has 7 rings (SSSR count). The quantitative estimate of drug-likeness (QED) is 0.208. The molecule has 0 aliphatic carbocycles. The molecule has 1 nitrogen and oxygen atoms in total. The van der Waals surface area contributed by atoms with Crippen LogP contribution in [0.4, 0.5) is 4.39 Å². The molecule has 2 aromatic heterocycles. The molecule has 2 heterocycles. The van der Waals surface area contributed by atoms with Gasteiger partial charge in [0, 0.05) is 28.1 Å². The summed E-state index contributed by atoms with van der Waals surface area (Å²) < 4.78 is 17.8. The van der Waals surface area contributed by atoms with Crippen LogP contribution >= 0.6 is 11.3 Å². The van der Waals surface area contributed by atoms with Crippen molar-refractivity contribution in [1.29, 1.82) is 0 Å². The van der Waals surface area contributed by atoms with Crippen LogP contribution in [0, 0.1) is 18.7 Å². The molecule has 0 unspecified atom stereocenters. The van der Waals surface area contributed by atoms with E-state index in [1.165, 1.54) is 38.4 Å². The van der Waals surface area contributed by atoms with Gasteiger partial charge in [0.1, 0.15) is 5.82 Å². The minimum atomic E-state index is -0.153. The highest BCUT2D eigenvalue weighted by Crippen LogP contribution is 2.43. The summed E-state index contributed by atoms with van der Waals surface area (Å²) >= 11 is 1.51. The third-order valence-electron chi connectivity index (χ3n) is 7.76. The molecular weight excluding hydrogens is 497 g/mol. The first kappa shape index (κ1) is 24.0. The van der Waals surface area contributed by atoms with E-state index < -0.39 is 0 Å². The van der Waals surface area contributed by atoms with Crippen LogP contribution in [0.2, 0.25) is 0 Å². The van der Waals surface area contributed by atoms with E-state index in [4.69, 9.17) is 4.98 Å². The molecule has 0 spiro atoms. The number of aryl methyl sites for hydroxylation is 1. The molecule has 0 aliphatic heterocycles. The smallest absolute Gasteiger partial charge is 0.148 e. The fourth-order valence-electron chi connectivity index (χ4n) is 6.00. The van der Waals surface area contributed by atoms with Gasteiger partial charge in [-0.3, -0.25) is 4.98 Å². The normalized spacial score (nSPS) is 11.9. The number of pyridine rings is 1. The monoisotopic (exact) mass is 525 g/mol. The number of fused-ring (bicyclic) bond motifs is 6. The Bertz CT molecular complexity index is 2050. The standard InChI is InChI=1S/C36H28FNS/c1-21(2)18-25-20-26(19-24-13-12-23-9-5-7-11-28(23)32(24)25)34-36-31(16-17-38-34)30-15-14-29(33(37)35(30)39-36)27-10-6-4-8-22(27)3/h4-17,19-21H,18H2,1-3H3. The number of rotatable bonds is 4. The zero-order chi connectivity index (χ0) is 26.7. The highest BCUT2D eigenvalue weighted by molar-refractivity contribution is 7.26. The summed E-state index contributed by atoms with van der Waals surface area (Å²) in [5.74, 6) is 0.365. The molecule has 0 bridgehead atoms. The molecule has 3 heteroatoms. The van der Waals surface area contributed by atoms with Crippen molar-refractivity contribution < 1.29 is 4.39 Å². The molecule has 39 heavy (non-hydrogen) atoms. The highest BCUT2D eigenvalue weighted by atomic mass is 32.1. The Hall–Kier alpha value is -4.08. The van der Waals surface area contributed by atoms with E-state index in [2.05, 4.69) is 68.4 Å². The molecule has 0 saturated carbocycles. The molecule has 190 valence electrons. The minimum absolute atomic E-state index is 0.153. The van der Waals surface area contributed by atoms with E-state index in [1.807, 2.05) is 49.5 Å². The lowest BCUT2D eigenvalue weighted by Crippen LogP contribution is -1.97. The summed E-state index contributed by atoms with van der Waals surface area (Å²) in [6.45, 7) is 6.57. The SMILES string of the molecule is Cc1ccccc1-c1ccc2c(sc3c(-c4cc(CC(C)C)c5c(ccc6ccccc65)c4)nccc32)c1F. The number of benzene rings is 5. The van der Waals surface area contributed by atoms with Crippen molar-refractivity contribution in [3.63, 3.8) is 0 Å². The molecule has 0 fully saturated rings. The number of aromatic nitrogens is 1. The van der Waals surface area contributed by atoms with Crippen molar-refractivity contribution >= 4 is 53.1 Å². The topological polar surface area (TPSA) is 12.9 Å². The van der Waals surface area contributed by atoms with Crippen LogP contribution in [-0.2, 0) is 6.42 Å². The molecular formula is C36H28FNS. The average Bonchev–Trinajstić information content (AvgIpc) is 3.33. The Labute approximate surface area is 231 Å². The molecule has 5 aromatic carbocycles. The van der Waals surface area contributed by atoms with Crippen LogP contribution in [-0.4, -0.2) is 4.98 Å². The largest absolute Gasteiger partial charge is 0.255 e. The van der Waals surface area contributed by atoms with Crippen LogP contribution in [0.1, 0.15) is 25.0 Å². The zero-order valence-electron chi connectivity index (χ0n) is 22.3. The van der Waals surface area contributed by atoms with Crippen LogP contribution in [0.3, 0.4) is 0 Å². The second-order valence-electron chi connectivity index (χ2n) is 10.9. The van der Waals surface area contributed by atoms with E-state index in [0.29, 0.717) is 16.2 Å². The zero-order valence-corrected chi connectivity index (χ0v) is 23.1. The second-order valence-corrected chi connectivity index (χ2v) is 11.9. The molecule has 0 N–H and O–H groups in total. The van der Waals surface area contributed by atoms with Crippen molar-refractivity contribution in [2.45, 2.75) is 27.2 Å². The van der Waals surface area contributed by atoms with Crippen molar-refractivity contribution in [2.75, 3.05) is 0 Å². The van der Waals surface area contributed by atoms with Gasteiger partial charge < -0.3 is 0 Å². The predicted molar refractivity (Wildman–Crippen MR) is 166 cm³/mol. The van der Waals surface area contributed by atoms with Crippen LogP contribution in [0.25, 0.3) is 64.1 Å². The fourth-order valence-corrected chi connectivity index (χ4v) is 7.24. The Kier molecular flexibility index (Phi) is 5.71. The van der Waals surface area contributed by atoms with E-state index >= 15 is 4.39 Å². The van der Waals surface area contributed by atoms with Crippen molar-refractivity contribution in [2.24, 2.45) is 5.92 Å². The van der Waals surface area contributed by atoms with Gasteiger partial charge in [0.25, 0.3) is 0 Å². The van der Waals surface area contributed by atoms with Gasteiger partial charge in [0.2, 0.25) is 0 Å². The Morgan fingerprint density at radius 2 is 1.51 bits per heavy atom. The van der Waals surface area contributed by atoms with Crippen molar-refractivity contribution in [1.82, 2.24) is 4.98 Å². The molecule has 7 aromatic rings. The first-order valence-electron chi connectivity index (χ1n) is 13.5. The van der Waals surface area contributed by atoms with Gasteiger partial charge >= 0.3 is 0 Å². The molecule has 0 amide bonds. The molecule has 0 saturated heterocycles. The predicted octanol–water partition coefficient (Wildman–Crippen LogP) is 10.7. The number of hydrogen-bond donors (Lipinski definition) is 0. The van der Waals surface area contributed by atoms with Gasteiger partial charge in [-0.05, 0) is 75.7 Å². The summed E-state index contributed by atoms with van der Waals surface area (Å²) in [5.41, 5.74) is 6.00. The first-order valence-corrected chi connectivity index (χ1v) is 14.3. The maximum absolute atomic E-state index is 16.1. The van der Waals surface area contributed by atoms with Crippen molar-refractivity contribution in [3.05, 3.63) is 114 Å².